The van der Waals surface area contributed by atoms with Crippen LogP contribution in [0.5, 0.6) is 17.2 Å². The van der Waals surface area contributed by atoms with Gasteiger partial charge in [-0.1, -0.05) is 18.2 Å². The van der Waals surface area contributed by atoms with Crippen molar-refractivity contribution in [1.82, 2.24) is 5.32 Å². The molecule has 0 bridgehead atoms. The lowest BCUT2D eigenvalue weighted by molar-refractivity contribution is -0.116. The fourth-order valence-electron chi connectivity index (χ4n) is 3.12. The van der Waals surface area contributed by atoms with E-state index >= 15 is 0 Å². The van der Waals surface area contributed by atoms with Crippen LogP contribution in [0, 0.1) is 0 Å². The fraction of sp³-hybridized carbons (Fsp3) is 0.318. The minimum absolute atomic E-state index is 0.165. The Morgan fingerprint density at radius 2 is 2.11 bits per heavy atom. The zero-order valence-electron chi connectivity index (χ0n) is 16.0. The summed E-state index contributed by atoms with van der Waals surface area (Å²) in [6.45, 7) is 4.95. The largest absolute Gasteiger partial charge is 0.496 e. The van der Waals surface area contributed by atoms with Gasteiger partial charge in [0.05, 0.1) is 13.7 Å². The van der Waals surface area contributed by atoms with E-state index in [0.717, 1.165) is 40.4 Å². The van der Waals surface area contributed by atoms with Crippen molar-refractivity contribution >= 4 is 12.0 Å². The fourth-order valence-corrected chi connectivity index (χ4v) is 3.12. The van der Waals surface area contributed by atoms with Gasteiger partial charge in [0.2, 0.25) is 5.91 Å². The van der Waals surface area contributed by atoms with E-state index in [1.807, 2.05) is 50.2 Å². The molecule has 0 spiro atoms. The maximum Gasteiger partial charge on any atom is 0.244 e. The summed E-state index contributed by atoms with van der Waals surface area (Å²) in [6, 6.07) is 11.6. The van der Waals surface area contributed by atoms with Gasteiger partial charge < -0.3 is 19.5 Å². The molecule has 1 atom stereocenters. The predicted octanol–water partition coefficient (Wildman–Crippen LogP) is 3.75. The molecule has 1 unspecified atom stereocenters. The van der Waals surface area contributed by atoms with Crippen LogP contribution in [-0.2, 0) is 17.8 Å². The Bertz CT molecular complexity index is 844. The Hall–Kier alpha value is -2.95. The molecule has 5 heteroatoms. The third-order valence-electron chi connectivity index (χ3n) is 4.39. The van der Waals surface area contributed by atoms with Crippen molar-refractivity contribution in [3.05, 3.63) is 59.2 Å². The van der Waals surface area contributed by atoms with Gasteiger partial charge in [-0.25, -0.2) is 0 Å². The SMILES string of the molecule is CCOc1cc2c(cc1/C=C/C(=O)NCc1ccccc1OC)OC(C)C2. The van der Waals surface area contributed by atoms with Crippen molar-refractivity contribution in [3.8, 4) is 17.2 Å². The van der Waals surface area contributed by atoms with E-state index in [1.54, 1.807) is 13.2 Å². The number of hydrogen-bond donors (Lipinski definition) is 1. The number of fused-ring (bicyclic) bond motifs is 1. The summed E-state index contributed by atoms with van der Waals surface area (Å²) in [4.78, 5) is 12.2. The lowest BCUT2D eigenvalue weighted by Crippen LogP contribution is -2.20. The molecule has 1 aliphatic rings. The molecule has 142 valence electrons. The van der Waals surface area contributed by atoms with Gasteiger partial charge in [-0.15, -0.1) is 0 Å². The van der Waals surface area contributed by atoms with Gasteiger partial charge in [-0.05, 0) is 38.1 Å². The van der Waals surface area contributed by atoms with E-state index in [4.69, 9.17) is 14.2 Å². The number of carbonyl (C=O) groups excluding carboxylic acids is 1. The highest BCUT2D eigenvalue weighted by Crippen LogP contribution is 2.35. The average molecular weight is 367 g/mol. The smallest absolute Gasteiger partial charge is 0.244 e. The van der Waals surface area contributed by atoms with Crippen LogP contribution in [0.3, 0.4) is 0 Å². The molecule has 3 rings (SSSR count). The quantitative estimate of drug-likeness (QED) is 0.758. The summed E-state index contributed by atoms with van der Waals surface area (Å²) in [5.74, 6) is 2.20. The van der Waals surface area contributed by atoms with Crippen molar-refractivity contribution in [2.24, 2.45) is 0 Å². The second-order valence-corrected chi connectivity index (χ2v) is 6.43. The highest BCUT2D eigenvalue weighted by atomic mass is 16.5. The molecule has 1 heterocycles. The van der Waals surface area contributed by atoms with Crippen LogP contribution >= 0.6 is 0 Å². The van der Waals surface area contributed by atoms with Crippen molar-refractivity contribution in [2.45, 2.75) is 32.9 Å². The monoisotopic (exact) mass is 367 g/mol. The van der Waals surface area contributed by atoms with Crippen LogP contribution in [-0.4, -0.2) is 25.7 Å². The average Bonchev–Trinajstić information content (AvgIpc) is 3.03. The first kappa shape index (κ1) is 18.8. The van der Waals surface area contributed by atoms with E-state index in [1.165, 1.54) is 6.08 Å². The molecule has 1 N–H and O–H groups in total. The minimum Gasteiger partial charge on any atom is -0.496 e. The molecule has 1 aliphatic heterocycles. The Balaban J connectivity index is 1.69. The Morgan fingerprint density at radius 3 is 2.89 bits per heavy atom. The Morgan fingerprint density at radius 1 is 1.30 bits per heavy atom. The molecule has 5 nitrogen and oxygen atoms in total. The molecule has 0 saturated carbocycles. The number of carbonyl (C=O) groups is 1. The van der Waals surface area contributed by atoms with Gasteiger partial charge in [-0.2, -0.15) is 0 Å². The number of amides is 1. The molecular weight excluding hydrogens is 342 g/mol. The second-order valence-electron chi connectivity index (χ2n) is 6.43. The van der Waals surface area contributed by atoms with Crippen LogP contribution in [0.15, 0.2) is 42.5 Å². The van der Waals surface area contributed by atoms with Crippen molar-refractivity contribution < 1.29 is 19.0 Å². The second kappa shape index (κ2) is 8.62. The first-order valence-corrected chi connectivity index (χ1v) is 9.15. The Labute approximate surface area is 159 Å². The highest BCUT2D eigenvalue weighted by Gasteiger charge is 2.21. The summed E-state index contributed by atoms with van der Waals surface area (Å²) in [6.07, 6.45) is 4.31. The first-order valence-electron chi connectivity index (χ1n) is 9.15. The van der Waals surface area contributed by atoms with E-state index < -0.39 is 0 Å². The maximum absolute atomic E-state index is 12.2. The summed E-state index contributed by atoms with van der Waals surface area (Å²) in [5, 5.41) is 2.88. The van der Waals surface area contributed by atoms with Gasteiger partial charge in [0.15, 0.2) is 0 Å². The van der Waals surface area contributed by atoms with Crippen molar-refractivity contribution in [2.75, 3.05) is 13.7 Å². The van der Waals surface area contributed by atoms with Crippen LogP contribution in [0.1, 0.15) is 30.5 Å². The van der Waals surface area contributed by atoms with Crippen LogP contribution in [0.2, 0.25) is 0 Å². The lowest BCUT2D eigenvalue weighted by atomic mass is 10.1. The van der Waals surface area contributed by atoms with Crippen LogP contribution in [0.25, 0.3) is 6.08 Å². The summed E-state index contributed by atoms with van der Waals surface area (Å²) >= 11 is 0. The third-order valence-corrected chi connectivity index (χ3v) is 4.39. The van der Waals surface area contributed by atoms with Gasteiger partial charge >= 0.3 is 0 Å². The van der Waals surface area contributed by atoms with Crippen LogP contribution < -0.4 is 19.5 Å². The highest BCUT2D eigenvalue weighted by molar-refractivity contribution is 5.92. The number of methoxy groups -OCH3 is 1. The molecule has 1 amide bonds. The third kappa shape index (κ3) is 4.61. The standard InChI is InChI=1S/C22H25NO4/c1-4-26-20-13-18-11-15(2)27-21(18)12-16(20)9-10-22(24)23-14-17-7-5-6-8-19(17)25-3/h5-10,12-13,15H,4,11,14H2,1-3H3,(H,23,24)/b10-9+. The number of hydrogen-bond acceptors (Lipinski definition) is 4. The molecule has 0 fully saturated rings. The number of nitrogens with one attached hydrogen (secondary N) is 1. The maximum atomic E-state index is 12.2. The van der Waals surface area contributed by atoms with Crippen molar-refractivity contribution in [1.29, 1.82) is 0 Å². The molecular formula is C22H25NO4. The van der Waals surface area contributed by atoms with Crippen molar-refractivity contribution in [3.63, 3.8) is 0 Å². The van der Waals surface area contributed by atoms with Gasteiger partial charge in [0.25, 0.3) is 0 Å². The van der Waals surface area contributed by atoms with E-state index in [-0.39, 0.29) is 12.0 Å². The summed E-state index contributed by atoms with van der Waals surface area (Å²) < 4.78 is 16.8. The first-order chi connectivity index (χ1) is 13.1. The van der Waals surface area contributed by atoms with Gasteiger partial charge in [-0.3, -0.25) is 4.79 Å². The number of rotatable bonds is 7. The molecule has 2 aromatic rings. The van der Waals surface area contributed by atoms with E-state index in [9.17, 15) is 4.79 Å². The van der Waals surface area contributed by atoms with E-state index in [0.29, 0.717) is 13.2 Å². The molecule has 0 radical (unpaired) electrons. The predicted molar refractivity (Wildman–Crippen MR) is 105 cm³/mol. The minimum atomic E-state index is -0.182. The number of ether oxygens (including phenoxy) is 3. The molecule has 0 aliphatic carbocycles. The molecule has 2 aromatic carbocycles. The van der Waals surface area contributed by atoms with E-state index in [2.05, 4.69) is 5.32 Å². The number of para-hydroxylation sites is 1. The number of benzene rings is 2. The lowest BCUT2D eigenvalue weighted by Gasteiger charge is -2.10. The normalized spacial score (nSPS) is 15.3. The van der Waals surface area contributed by atoms with Gasteiger partial charge in [0, 0.05) is 35.7 Å². The zero-order chi connectivity index (χ0) is 19.2. The zero-order valence-corrected chi connectivity index (χ0v) is 16.0. The summed E-state index contributed by atoms with van der Waals surface area (Å²) in [7, 11) is 1.62. The summed E-state index contributed by atoms with van der Waals surface area (Å²) in [5.41, 5.74) is 2.90. The molecule has 0 saturated heterocycles. The van der Waals surface area contributed by atoms with Gasteiger partial charge in [0.1, 0.15) is 23.4 Å². The topological polar surface area (TPSA) is 56.8 Å². The Kier molecular flexibility index (Phi) is 6.01. The van der Waals surface area contributed by atoms with Crippen LogP contribution in [0.4, 0.5) is 0 Å². The molecule has 27 heavy (non-hydrogen) atoms. The molecule has 0 aromatic heterocycles.